The highest BCUT2D eigenvalue weighted by molar-refractivity contribution is 5.87. The van der Waals surface area contributed by atoms with Gasteiger partial charge >= 0.3 is 0 Å². The summed E-state index contributed by atoms with van der Waals surface area (Å²) >= 11 is 0. The Morgan fingerprint density at radius 3 is 2.36 bits per heavy atom. The standard InChI is InChI=1S/C19H26N2O/c1-5-17(22)20-18-15-11-21(12-16(15)18)10-13-6-8-14(9-7-13)19(2,3)4/h5-9,15-16,18H,1,10-12H2,2-4H3,(H,20,22)/t15-,16+,18?. The number of likely N-dealkylation sites (tertiary alicyclic amines) is 1. The van der Waals surface area contributed by atoms with Crippen LogP contribution in [0.4, 0.5) is 0 Å². The molecular weight excluding hydrogens is 272 g/mol. The van der Waals surface area contributed by atoms with Crippen LogP contribution in [0, 0.1) is 11.8 Å². The zero-order chi connectivity index (χ0) is 15.9. The van der Waals surface area contributed by atoms with Crippen LogP contribution in [0.5, 0.6) is 0 Å². The van der Waals surface area contributed by atoms with Gasteiger partial charge in [-0.1, -0.05) is 51.6 Å². The molecule has 0 aromatic heterocycles. The maximum atomic E-state index is 11.3. The number of hydrogen-bond acceptors (Lipinski definition) is 2. The van der Waals surface area contributed by atoms with E-state index in [4.69, 9.17) is 0 Å². The van der Waals surface area contributed by atoms with E-state index < -0.39 is 0 Å². The lowest BCUT2D eigenvalue weighted by Crippen LogP contribution is -2.33. The molecule has 3 atom stereocenters. The van der Waals surface area contributed by atoms with Crippen LogP contribution in [0.15, 0.2) is 36.9 Å². The van der Waals surface area contributed by atoms with Crippen molar-refractivity contribution in [1.82, 2.24) is 10.2 Å². The fourth-order valence-corrected chi connectivity index (χ4v) is 3.55. The molecule has 1 aromatic carbocycles. The van der Waals surface area contributed by atoms with Crippen molar-refractivity contribution >= 4 is 5.91 Å². The fourth-order valence-electron chi connectivity index (χ4n) is 3.55. The number of nitrogens with zero attached hydrogens (tertiary/aromatic N) is 1. The van der Waals surface area contributed by atoms with Crippen LogP contribution in [0.3, 0.4) is 0 Å². The first-order valence-electron chi connectivity index (χ1n) is 8.13. The zero-order valence-electron chi connectivity index (χ0n) is 13.8. The van der Waals surface area contributed by atoms with Gasteiger partial charge in [-0.3, -0.25) is 9.69 Å². The Kier molecular flexibility index (Phi) is 3.85. The van der Waals surface area contributed by atoms with Crippen LogP contribution in [0.1, 0.15) is 31.9 Å². The molecule has 22 heavy (non-hydrogen) atoms. The van der Waals surface area contributed by atoms with Gasteiger partial charge in [0.15, 0.2) is 0 Å². The minimum absolute atomic E-state index is 0.0382. The van der Waals surface area contributed by atoms with Gasteiger partial charge in [0.2, 0.25) is 5.91 Å². The SMILES string of the molecule is C=CC(=O)NC1[C@H]2CN(Cc3ccc(C(C)(C)C)cc3)C[C@@H]12. The van der Waals surface area contributed by atoms with Crippen molar-refractivity contribution in [2.45, 2.75) is 38.8 Å². The summed E-state index contributed by atoms with van der Waals surface area (Å²) in [6, 6.07) is 9.38. The summed E-state index contributed by atoms with van der Waals surface area (Å²) < 4.78 is 0. The van der Waals surface area contributed by atoms with E-state index in [-0.39, 0.29) is 11.3 Å². The molecule has 118 valence electrons. The summed E-state index contributed by atoms with van der Waals surface area (Å²) in [6.07, 6.45) is 1.36. The van der Waals surface area contributed by atoms with E-state index in [9.17, 15) is 4.79 Å². The highest BCUT2D eigenvalue weighted by Crippen LogP contribution is 2.45. The maximum Gasteiger partial charge on any atom is 0.243 e. The predicted octanol–water partition coefficient (Wildman–Crippen LogP) is 2.72. The number of hydrogen-bond donors (Lipinski definition) is 1. The molecule has 1 saturated heterocycles. The second-order valence-electron chi connectivity index (χ2n) is 7.71. The molecular formula is C19H26N2O. The van der Waals surface area contributed by atoms with Gasteiger partial charge in [-0.25, -0.2) is 0 Å². The second kappa shape index (κ2) is 5.54. The molecule has 1 N–H and O–H groups in total. The Hall–Kier alpha value is -1.61. The highest BCUT2D eigenvalue weighted by atomic mass is 16.1. The van der Waals surface area contributed by atoms with Crippen LogP contribution >= 0.6 is 0 Å². The van der Waals surface area contributed by atoms with Crippen molar-refractivity contribution in [3.8, 4) is 0 Å². The molecule has 1 unspecified atom stereocenters. The molecule has 0 spiro atoms. The average Bonchev–Trinajstić information content (AvgIpc) is 2.92. The second-order valence-corrected chi connectivity index (χ2v) is 7.71. The highest BCUT2D eigenvalue weighted by Gasteiger charge is 2.55. The number of amides is 1. The van der Waals surface area contributed by atoms with Crippen molar-refractivity contribution in [2.24, 2.45) is 11.8 Å². The van der Waals surface area contributed by atoms with Crippen molar-refractivity contribution in [1.29, 1.82) is 0 Å². The molecule has 2 fully saturated rings. The summed E-state index contributed by atoms with van der Waals surface area (Å²) in [4.78, 5) is 13.8. The van der Waals surface area contributed by atoms with Crippen molar-refractivity contribution in [3.05, 3.63) is 48.0 Å². The molecule has 1 aliphatic heterocycles. The number of carbonyl (C=O) groups is 1. The third-order valence-electron chi connectivity index (χ3n) is 4.99. The zero-order valence-corrected chi connectivity index (χ0v) is 13.8. The van der Waals surface area contributed by atoms with E-state index in [1.54, 1.807) is 0 Å². The van der Waals surface area contributed by atoms with Crippen LogP contribution in [0.25, 0.3) is 0 Å². The number of rotatable bonds is 4. The molecule has 1 amide bonds. The summed E-state index contributed by atoms with van der Waals surface area (Å²) in [5, 5.41) is 3.03. The Labute approximate surface area is 133 Å². The van der Waals surface area contributed by atoms with Gasteiger partial charge in [-0.05, 0) is 34.5 Å². The van der Waals surface area contributed by atoms with Gasteiger partial charge < -0.3 is 5.32 Å². The molecule has 0 bridgehead atoms. The fraction of sp³-hybridized carbons (Fsp3) is 0.526. The van der Waals surface area contributed by atoms with Gasteiger partial charge in [-0.2, -0.15) is 0 Å². The van der Waals surface area contributed by atoms with E-state index in [0.29, 0.717) is 17.9 Å². The minimum atomic E-state index is -0.0382. The Balaban J connectivity index is 1.51. The lowest BCUT2D eigenvalue weighted by atomic mass is 9.87. The molecule has 1 aromatic rings. The van der Waals surface area contributed by atoms with Gasteiger partial charge in [0.1, 0.15) is 0 Å². The molecule has 3 nitrogen and oxygen atoms in total. The third kappa shape index (κ3) is 3.09. The quantitative estimate of drug-likeness (QED) is 0.867. The molecule has 3 rings (SSSR count). The predicted molar refractivity (Wildman–Crippen MR) is 89.5 cm³/mol. The maximum absolute atomic E-state index is 11.3. The number of carbonyl (C=O) groups excluding carboxylic acids is 1. The van der Waals surface area contributed by atoms with Crippen molar-refractivity contribution in [2.75, 3.05) is 13.1 Å². The Morgan fingerprint density at radius 1 is 1.27 bits per heavy atom. The van der Waals surface area contributed by atoms with Gasteiger partial charge in [-0.15, -0.1) is 0 Å². The van der Waals surface area contributed by atoms with Crippen LogP contribution in [0.2, 0.25) is 0 Å². The topological polar surface area (TPSA) is 32.3 Å². The molecule has 3 heteroatoms. The summed E-state index contributed by atoms with van der Waals surface area (Å²) in [7, 11) is 0. The van der Waals surface area contributed by atoms with Gasteiger partial charge in [0.25, 0.3) is 0 Å². The lowest BCUT2D eigenvalue weighted by molar-refractivity contribution is -0.116. The van der Waals surface area contributed by atoms with Gasteiger partial charge in [0, 0.05) is 25.7 Å². The van der Waals surface area contributed by atoms with Crippen molar-refractivity contribution < 1.29 is 4.79 Å². The number of fused-ring (bicyclic) bond motifs is 1. The lowest BCUT2D eigenvalue weighted by Gasteiger charge is -2.22. The molecule has 1 heterocycles. The first-order valence-corrected chi connectivity index (χ1v) is 8.13. The van der Waals surface area contributed by atoms with Crippen molar-refractivity contribution in [3.63, 3.8) is 0 Å². The molecule has 1 saturated carbocycles. The van der Waals surface area contributed by atoms with E-state index in [1.165, 1.54) is 17.2 Å². The van der Waals surface area contributed by atoms with E-state index in [1.807, 2.05) is 0 Å². The summed E-state index contributed by atoms with van der Waals surface area (Å²) in [5.74, 6) is 1.24. The van der Waals surface area contributed by atoms with E-state index in [0.717, 1.165) is 19.6 Å². The average molecular weight is 298 g/mol. The minimum Gasteiger partial charge on any atom is -0.349 e. The normalized spacial score (nSPS) is 27.3. The Morgan fingerprint density at radius 2 is 1.86 bits per heavy atom. The first kappa shape index (κ1) is 15.3. The monoisotopic (exact) mass is 298 g/mol. The smallest absolute Gasteiger partial charge is 0.243 e. The summed E-state index contributed by atoms with van der Waals surface area (Å²) in [5.41, 5.74) is 2.97. The van der Waals surface area contributed by atoms with E-state index >= 15 is 0 Å². The summed E-state index contributed by atoms with van der Waals surface area (Å²) in [6.45, 7) is 13.4. The van der Waals surface area contributed by atoms with Crippen LogP contribution in [-0.4, -0.2) is 29.9 Å². The number of benzene rings is 1. The van der Waals surface area contributed by atoms with Crippen LogP contribution in [-0.2, 0) is 16.8 Å². The Bertz CT molecular complexity index is 558. The third-order valence-corrected chi connectivity index (χ3v) is 4.99. The number of nitrogens with one attached hydrogen (secondary N) is 1. The van der Waals surface area contributed by atoms with Gasteiger partial charge in [0.05, 0.1) is 0 Å². The first-order chi connectivity index (χ1) is 10.4. The molecule has 1 aliphatic carbocycles. The number of piperidine rings is 1. The van der Waals surface area contributed by atoms with E-state index in [2.05, 4.69) is 61.8 Å². The molecule has 0 radical (unpaired) electrons. The largest absolute Gasteiger partial charge is 0.349 e. The van der Waals surface area contributed by atoms with Crippen LogP contribution < -0.4 is 5.32 Å². The molecule has 2 aliphatic rings.